The first-order chi connectivity index (χ1) is 14.4. The van der Waals surface area contributed by atoms with Gasteiger partial charge in [0, 0.05) is 24.7 Å². The maximum atomic E-state index is 12.5. The quantitative estimate of drug-likeness (QED) is 0.336. The van der Waals surface area contributed by atoms with Crippen molar-refractivity contribution in [1.82, 2.24) is 4.90 Å². The third-order valence-corrected chi connectivity index (χ3v) is 5.77. The Hall–Kier alpha value is -2.91. The lowest BCUT2D eigenvalue weighted by Crippen LogP contribution is -2.29. The molecule has 7 nitrogen and oxygen atoms in total. The first-order valence-electron chi connectivity index (χ1n) is 9.36. The van der Waals surface area contributed by atoms with E-state index in [1.807, 2.05) is 0 Å². The number of carboxylic acids is 1. The standard InChI is InChI=1S/C21H20N2O5S2/c24-18(22-15-9-7-14(8-10-15)20(26)27)6-2-1-3-11-23-19(25)17(30-21(23)29)13-16-5-4-12-28-16/h4-5,7-10,12-13H,1-3,6,11H2,(H,22,24)(H,26,27)/b17-13+. The van der Waals surface area contributed by atoms with Crippen molar-refractivity contribution in [2.24, 2.45) is 0 Å². The van der Waals surface area contributed by atoms with Crippen LogP contribution < -0.4 is 5.32 Å². The number of rotatable bonds is 9. The van der Waals surface area contributed by atoms with E-state index < -0.39 is 5.97 Å². The summed E-state index contributed by atoms with van der Waals surface area (Å²) in [6.45, 7) is 0.512. The Morgan fingerprint density at radius 2 is 1.93 bits per heavy atom. The molecule has 0 spiro atoms. The van der Waals surface area contributed by atoms with Crippen LogP contribution in [-0.2, 0) is 9.59 Å². The third-order valence-electron chi connectivity index (χ3n) is 4.39. The van der Waals surface area contributed by atoms with Gasteiger partial charge in [-0.05, 0) is 49.2 Å². The highest BCUT2D eigenvalue weighted by molar-refractivity contribution is 8.26. The van der Waals surface area contributed by atoms with E-state index >= 15 is 0 Å². The maximum absolute atomic E-state index is 12.5. The Balaban J connectivity index is 1.37. The van der Waals surface area contributed by atoms with Gasteiger partial charge in [0.15, 0.2) is 0 Å². The molecular formula is C21H20N2O5S2. The van der Waals surface area contributed by atoms with Gasteiger partial charge in [-0.1, -0.05) is 30.4 Å². The van der Waals surface area contributed by atoms with Crippen molar-refractivity contribution < 1.29 is 23.9 Å². The van der Waals surface area contributed by atoms with E-state index in [1.54, 1.807) is 41.5 Å². The number of aromatic carboxylic acids is 1. The molecule has 3 rings (SSSR count). The Kier molecular flexibility index (Phi) is 7.42. The second-order valence-electron chi connectivity index (χ2n) is 6.59. The fourth-order valence-electron chi connectivity index (χ4n) is 2.85. The lowest BCUT2D eigenvalue weighted by atomic mass is 10.1. The number of benzene rings is 1. The molecular weight excluding hydrogens is 424 g/mol. The van der Waals surface area contributed by atoms with E-state index in [9.17, 15) is 14.4 Å². The minimum atomic E-state index is -1.01. The summed E-state index contributed by atoms with van der Waals surface area (Å²) in [6, 6.07) is 9.55. The normalized spacial score (nSPS) is 15.1. The van der Waals surface area contributed by atoms with Crippen LogP contribution in [0.1, 0.15) is 41.8 Å². The first kappa shape index (κ1) is 21.8. The minimum Gasteiger partial charge on any atom is -0.478 e. The monoisotopic (exact) mass is 444 g/mol. The van der Waals surface area contributed by atoms with Crippen molar-refractivity contribution in [2.75, 3.05) is 11.9 Å². The average Bonchev–Trinajstić information content (AvgIpc) is 3.31. The molecule has 2 N–H and O–H groups in total. The van der Waals surface area contributed by atoms with E-state index in [1.165, 1.54) is 23.9 Å². The first-order valence-corrected chi connectivity index (χ1v) is 10.6. The van der Waals surface area contributed by atoms with Crippen molar-refractivity contribution >= 4 is 57.8 Å². The molecule has 0 radical (unpaired) electrons. The zero-order chi connectivity index (χ0) is 21.5. The summed E-state index contributed by atoms with van der Waals surface area (Å²) >= 11 is 6.56. The van der Waals surface area contributed by atoms with E-state index in [0.717, 1.165) is 12.8 Å². The molecule has 30 heavy (non-hydrogen) atoms. The number of unbranched alkanes of at least 4 members (excludes halogenated alkanes) is 2. The molecule has 9 heteroatoms. The molecule has 2 aromatic rings. The molecule has 1 aromatic carbocycles. The van der Waals surface area contributed by atoms with Crippen molar-refractivity contribution in [3.63, 3.8) is 0 Å². The molecule has 1 saturated heterocycles. The zero-order valence-corrected chi connectivity index (χ0v) is 17.6. The van der Waals surface area contributed by atoms with Crippen LogP contribution in [0.5, 0.6) is 0 Å². The number of thiocarbonyl (C=S) groups is 1. The Labute approximate surface area is 183 Å². The highest BCUT2D eigenvalue weighted by Gasteiger charge is 2.31. The van der Waals surface area contributed by atoms with Crippen molar-refractivity contribution in [3.8, 4) is 0 Å². The van der Waals surface area contributed by atoms with Gasteiger partial charge in [0.05, 0.1) is 16.7 Å². The smallest absolute Gasteiger partial charge is 0.335 e. The van der Waals surface area contributed by atoms with Gasteiger partial charge in [0.1, 0.15) is 10.1 Å². The lowest BCUT2D eigenvalue weighted by molar-refractivity contribution is -0.122. The largest absolute Gasteiger partial charge is 0.478 e. The number of thioether (sulfide) groups is 1. The topological polar surface area (TPSA) is 99.9 Å². The van der Waals surface area contributed by atoms with Gasteiger partial charge in [-0.3, -0.25) is 14.5 Å². The van der Waals surface area contributed by atoms with Crippen molar-refractivity contribution in [3.05, 3.63) is 58.9 Å². The van der Waals surface area contributed by atoms with Gasteiger partial charge in [0.25, 0.3) is 5.91 Å². The molecule has 1 aromatic heterocycles. The number of amides is 2. The summed E-state index contributed by atoms with van der Waals surface area (Å²) < 4.78 is 5.77. The van der Waals surface area contributed by atoms with E-state index in [0.29, 0.717) is 40.1 Å². The highest BCUT2D eigenvalue weighted by Crippen LogP contribution is 2.32. The van der Waals surface area contributed by atoms with Crippen LogP contribution in [-0.4, -0.2) is 38.7 Å². The number of anilines is 1. The SMILES string of the molecule is O=C(CCCCCN1C(=O)/C(=C\c2ccco2)SC1=S)Nc1ccc(C(=O)O)cc1. The number of nitrogens with one attached hydrogen (secondary N) is 1. The fraction of sp³-hybridized carbons (Fsp3) is 0.238. The molecule has 156 valence electrons. The number of carboxylic acid groups (broad SMARTS) is 1. The van der Waals surface area contributed by atoms with Crippen LogP contribution in [0.2, 0.25) is 0 Å². The van der Waals surface area contributed by atoms with E-state index in [4.69, 9.17) is 21.7 Å². The van der Waals surface area contributed by atoms with Crippen LogP contribution in [0.3, 0.4) is 0 Å². The molecule has 0 aliphatic carbocycles. The van der Waals surface area contributed by atoms with Gasteiger partial charge >= 0.3 is 5.97 Å². The highest BCUT2D eigenvalue weighted by atomic mass is 32.2. The summed E-state index contributed by atoms with van der Waals surface area (Å²) in [4.78, 5) is 37.5. The van der Waals surface area contributed by atoms with Gasteiger partial charge in [-0.15, -0.1) is 0 Å². The van der Waals surface area contributed by atoms with Gasteiger partial charge in [0.2, 0.25) is 5.91 Å². The summed E-state index contributed by atoms with van der Waals surface area (Å²) in [5, 5.41) is 11.6. The lowest BCUT2D eigenvalue weighted by Gasteiger charge is -2.14. The van der Waals surface area contributed by atoms with Crippen LogP contribution in [0.25, 0.3) is 6.08 Å². The summed E-state index contributed by atoms with van der Waals surface area (Å²) in [5.74, 6) is -0.654. The number of nitrogens with zero attached hydrogens (tertiary/aromatic N) is 1. The van der Waals surface area contributed by atoms with Gasteiger partial charge in [-0.2, -0.15) is 0 Å². The maximum Gasteiger partial charge on any atom is 0.335 e. The Bertz CT molecular complexity index is 968. The van der Waals surface area contributed by atoms with Crippen molar-refractivity contribution in [1.29, 1.82) is 0 Å². The minimum absolute atomic E-state index is 0.121. The number of carbonyl (C=O) groups excluding carboxylic acids is 2. The molecule has 0 atom stereocenters. The van der Waals surface area contributed by atoms with Gasteiger partial charge < -0.3 is 14.8 Å². The number of carbonyl (C=O) groups is 3. The summed E-state index contributed by atoms with van der Waals surface area (Å²) in [5.41, 5.74) is 0.730. The summed E-state index contributed by atoms with van der Waals surface area (Å²) in [7, 11) is 0. The van der Waals surface area contributed by atoms with E-state index in [2.05, 4.69) is 5.32 Å². The molecule has 0 saturated carbocycles. The summed E-state index contributed by atoms with van der Waals surface area (Å²) in [6.07, 6.45) is 5.77. The molecule has 0 unspecified atom stereocenters. The fourth-order valence-corrected chi connectivity index (χ4v) is 4.14. The van der Waals surface area contributed by atoms with Crippen LogP contribution in [0.15, 0.2) is 52.0 Å². The molecule has 1 aliphatic rings. The van der Waals surface area contributed by atoms with Crippen LogP contribution >= 0.6 is 24.0 Å². The molecule has 1 fully saturated rings. The second-order valence-corrected chi connectivity index (χ2v) is 8.27. The van der Waals surface area contributed by atoms with Crippen LogP contribution in [0, 0.1) is 0 Å². The number of hydrogen-bond acceptors (Lipinski definition) is 6. The Morgan fingerprint density at radius 1 is 1.17 bits per heavy atom. The molecule has 0 bridgehead atoms. The number of furan rings is 1. The third kappa shape index (κ3) is 5.80. The molecule has 2 amide bonds. The van der Waals surface area contributed by atoms with Crippen LogP contribution in [0.4, 0.5) is 5.69 Å². The average molecular weight is 445 g/mol. The van der Waals surface area contributed by atoms with Gasteiger partial charge in [-0.25, -0.2) is 4.79 Å². The van der Waals surface area contributed by atoms with E-state index in [-0.39, 0.29) is 17.4 Å². The van der Waals surface area contributed by atoms with Crippen molar-refractivity contribution in [2.45, 2.75) is 25.7 Å². The molecule has 1 aliphatic heterocycles. The zero-order valence-electron chi connectivity index (χ0n) is 16.0. The number of hydrogen-bond donors (Lipinski definition) is 2. The molecule has 2 heterocycles. The Morgan fingerprint density at radius 3 is 2.60 bits per heavy atom. The predicted molar refractivity (Wildman–Crippen MR) is 119 cm³/mol. The second kappa shape index (κ2) is 10.2. The predicted octanol–water partition coefficient (Wildman–Crippen LogP) is 4.38.